The van der Waals surface area contributed by atoms with Crippen molar-refractivity contribution in [3.05, 3.63) is 0 Å². The van der Waals surface area contributed by atoms with Gasteiger partial charge in [-0.05, 0) is 31.1 Å². The van der Waals surface area contributed by atoms with E-state index in [1.54, 1.807) is 0 Å². The standard InChI is InChI=1S/C9H16O4/c10-6-1-4-2-8(12)9(13)5(4)3-7(6)11/h4-13H,1-3H2. The lowest BCUT2D eigenvalue weighted by molar-refractivity contribution is -0.0630. The number of fused-ring (bicyclic) bond motifs is 1. The molecule has 4 heteroatoms. The number of rotatable bonds is 0. The molecule has 4 N–H and O–H groups in total. The molecule has 0 radical (unpaired) electrons. The number of aliphatic hydroxyl groups is 4. The van der Waals surface area contributed by atoms with Crippen LogP contribution in [0.5, 0.6) is 0 Å². The summed E-state index contributed by atoms with van der Waals surface area (Å²) in [6.07, 6.45) is -1.35. The van der Waals surface area contributed by atoms with Gasteiger partial charge in [-0.1, -0.05) is 0 Å². The van der Waals surface area contributed by atoms with Gasteiger partial charge >= 0.3 is 0 Å². The highest BCUT2D eigenvalue weighted by molar-refractivity contribution is 4.97. The van der Waals surface area contributed by atoms with Gasteiger partial charge in [-0.15, -0.1) is 0 Å². The van der Waals surface area contributed by atoms with E-state index in [1.165, 1.54) is 0 Å². The summed E-state index contributed by atoms with van der Waals surface area (Å²) in [4.78, 5) is 0. The Morgan fingerprint density at radius 3 is 1.92 bits per heavy atom. The molecule has 0 aliphatic heterocycles. The van der Waals surface area contributed by atoms with Gasteiger partial charge in [0.05, 0.1) is 24.4 Å². The topological polar surface area (TPSA) is 80.9 Å². The van der Waals surface area contributed by atoms with E-state index >= 15 is 0 Å². The zero-order valence-corrected chi connectivity index (χ0v) is 7.37. The summed E-state index contributed by atoms with van der Waals surface area (Å²) in [6.45, 7) is 0. The summed E-state index contributed by atoms with van der Waals surface area (Å²) >= 11 is 0. The van der Waals surface area contributed by atoms with Crippen LogP contribution in [0.2, 0.25) is 0 Å². The van der Waals surface area contributed by atoms with Gasteiger partial charge in [0.2, 0.25) is 0 Å². The van der Waals surface area contributed by atoms with Crippen molar-refractivity contribution in [3.8, 4) is 0 Å². The second-order valence-corrected chi connectivity index (χ2v) is 4.32. The van der Waals surface area contributed by atoms with Gasteiger partial charge in [0, 0.05) is 0 Å². The molecule has 6 atom stereocenters. The minimum absolute atomic E-state index is 0.0339. The molecular weight excluding hydrogens is 172 g/mol. The zero-order valence-electron chi connectivity index (χ0n) is 7.37. The molecule has 0 spiro atoms. The van der Waals surface area contributed by atoms with Crippen LogP contribution in [-0.4, -0.2) is 44.8 Å². The molecule has 0 aromatic rings. The molecule has 4 nitrogen and oxygen atoms in total. The normalized spacial score (nSPS) is 56.3. The predicted molar refractivity (Wildman–Crippen MR) is 44.9 cm³/mol. The third kappa shape index (κ3) is 1.48. The fraction of sp³-hybridized carbons (Fsp3) is 1.00. The number of hydrogen-bond donors (Lipinski definition) is 4. The van der Waals surface area contributed by atoms with E-state index in [0.717, 1.165) is 0 Å². The van der Waals surface area contributed by atoms with E-state index in [0.29, 0.717) is 19.3 Å². The van der Waals surface area contributed by atoms with Gasteiger partial charge in [0.15, 0.2) is 0 Å². The van der Waals surface area contributed by atoms with Gasteiger partial charge in [-0.3, -0.25) is 0 Å². The lowest BCUT2D eigenvalue weighted by Gasteiger charge is -2.33. The summed E-state index contributed by atoms with van der Waals surface area (Å²) in [5.74, 6) is 0.136. The van der Waals surface area contributed by atoms with Crippen LogP contribution in [-0.2, 0) is 0 Å². The second-order valence-electron chi connectivity index (χ2n) is 4.32. The summed E-state index contributed by atoms with van der Waals surface area (Å²) in [6, 6.07) is 0. The van der Waals surface area contributed by atoms with Crippen molar-refractivity contribution in [3.63, 3.8) is 0 Å². The van der Waals surface area contributed by atoms with Crippen LogP contribution in [0, 0.1) is 11.8 Å². The SMILES string of the molecule is OC1CC2CC(O)C(O)C2CC1O. The first-order valence-electron chi connectivity index (χ1n) is 4.82. The maximum Gasteiger partial charge on any atom is 0.0830 e. The molecule has 2 saturated carbocycles. The molecule has 2 rings (SSSR count). The molecule has 0 heterocycles. The third-order valence-electron chi connectivity index (χ3n) is 3.48. The Kier molecular flexibility index (Phi) is 2.32. The lowest BCUT2D eigenvalue weighted by atomic mass is 9.78. The quantitative estimate of drug-likeness (QED) is 0.387. The molecule has 76 valence electrons. The first-order valence-corrected chi connectivity index (χ1v) is 4.82. The van der Waals surface area contributed by atoms with E-state index < -0.39 is 24.4 Å². The molecule has 13 heavy (non-hydrogen) atoms. The smallest absolute Gasteiger partial charge is 0.0830 e. The molecule has 2 aliphatic rings. The van der Waals surface area contributed by atoms with Gasteiger partial charge in [-0.2, -0.15) is 0 Å². The highest BCUT2D eigenvalue weighted by Gasteiger charge is 2.46. The van der Waals surface area contributed by atoms with Crippen molar-refractivity contribution < 1.29 is 20.4 Å². The fourth-order valence-corrected chi connectivity index (χ4v) is 2.69. The first kappa shape index (κ1) is 9.40. The van der Waals surface area contributed by atoms with Crippen LogP contribution in [0.25, 0.3) is 0 Å². The Bertz CT molecular complexity index is 196. The lowest BCUT2D eigenvalue weighted by Crippen LogP contribution is -2.40. The van der Waals surface area contributed by atoms with Crippen molar-refractivity contribution in [2.75, 3.05) is 0 Å². The van der Waals surface area contributed by atoms with Gasteiger partial charge in [0.25, 0.3) is 0 Å². The fourth-order valence-electron chi connectivity index (χ4n) is 2.69. The van der Waals surface area contributed by atoms with Crippen molar-refractivity contribution >= 4 is 0 Å². The largest absolute Gasteiger partial charge is 0.390 e. The molecule has 0 aromatic heterocycles. The van der Waals surface area contributed by atoms with Crippen LogP contribution < -0.4 is 0 Å². The minimum Gasteiger partial charge on any atom is -0.390 e. The van der Waals surface area contributed by atoms with Crippen LogP contribution in [0.4, 0.5) is 0 Å². The van der Waals surface area contributed by atoms with Crippen LogP contribution in [0.15, 0.2) is 0 Å². The van der Waals surface area contributed by atoms with Crippen LogP contribution >= 0.6 is 0 Å². The van der Waals surface area contributed by atoms with Gasteiger partial charge < -0.3 is 20.4 Å². The van der Waals surface area contributed by atoms with E-state index in [9.17, 15) is 20.4 Å². The molecule has 0 aromatic carbocycles. The molecule has 2 fully saturated rings. The van der Waals surface area contributed by atoms with Crippen molar-refractivity contribution in [1.82, 2.24) is 0 Å². The molecule has 2 aliphatic carbocycles. The molecule has 6 unspecified atom stereocenters. The van der Waals surface area contributed by atoms with Crippen molar-refractivity contribution in [2.45, 2.75) is 43.7 Å². The average Bonchev–Trinajstić information content (AvgIpc) is 2.32. The highest BCUT2D eigenvalue weighted by Crippen LogP contribution is 2.42. The Balaban J connectivity index is 2.08. The van der Waals surface area contributed by atoms with E-state index in [1.807, 2.05) is 0 Å². The maximum absolute atomic E-state index is 9.55. The van der Waals surface area contributed by atoms with Crippen LogP contribution in [0.1, 0.15) is 19.3 Å². The number of aliphatic hydroxyl groups excluding tert-OH is 4. The maximum atomic E-state index is 9.55. The van der Waals surface area contributed by atoms with Crippen LogP contribution in [0.3, 0.4) is 0 Å². The Morgan fingerprint density at radius 2 is 1.23 bits per heavy atom. The average molecular weight is 188 g/mol. The Hall–Kier alpha value is -0.160. The van der Waals surface area contributed by atoms with E-state index in [2.05, 4.69) is 0 Å². The minimum atomic E-state index is -0.735. The Labute approximate surface area is 76.8 Å². The molecule has 0 amide bonds. The van der Waals surface area contributed by atoms with Crippen molar-refractivity contribution in [2.24, 2.45) is 11.8 Å². The number of hydrogen-bond acceptors (Lipinski definition) is 4. The van der Waals surface area contributed by atoms with Gasteiger partial charge in [-0.25, -0.2) is 0 Å². The van der Waals surface area contributed by atoms with E-state index in [-0.39, 0.29) is 11.8 Å². The molecule has 0 bridgehead atoms. The summed E-state index contributed by atoms with van der Waals surface area (Å²) in [5, 5.41) is 37.7. The first-order chi connectivity index (χ1) is 6.09. The second kappa shape index (κ2) is 3.20. The van der Waals surface area contributed by atoms with E-state index in [4.69, 9.17) is 0 Å². The molecular formula is C9H16O4. The summed E-state index contributed by atoms with van der Waals surface area (Å²) in [5.41, 5.74) is 0. The Morgan fingerprint density at radius 1 is 0.692 bits per heavy atom. The highest BCUT2D eigenvalue weighted by atomic mass is 16.3. The summed E-state index contributed by atoms with van der Waals surface area (Å²) in [7, 11) is 0. The third-order valence-corrected chi connectivity index (χ3v) is 3.48. The summed E-state index contributed by atoms with van der Waals surface area (Å²) < 4.78 is 0. The van der Waals surface area contributed by atoms with Gasteiger partial charge in [0.1, 0.15) is 0 Å². The predicted octanol–water partition coefficient (Wildman–Crippen LogP) is -1.14. The molecule has 0 saturated heterocycles. The van der Waals surface area contributed by atoms with Crippen molar-refractivity contribution in [1.29, 1.82) is 0 Å². The monoisotopic (exact) mass is 188 g/mol. The zero-order chi connectivity index (χ0) is 9.59.